The van der Waals surface area contributed by atoms with Crippen LogP contribution in [0.1, 0.15) is 10.5 Å². The molecule has 2 aromatic rings. The second-order valence-electron chi connectivity index (χ2n) is 3.31. The van der Waals surface area contributed by atoms with Crippen molar-refractivity contribution in [3.63, 3.8) is 0 Å². The number of ether oxygens (including phenoxy) is 1. The van der Waals surface area contributed by atoms with Gasteiger partial charge in [0, 0.05) is 6.20 Å². The maximum Gasteiger partial charge on any atom is 0.355 e. The third kappa shape index (κ3) is 2.42. The Morgan fingerprint density at radius 2 is 1.94 bits per heavy atom. The number of benzene rings is 1. The molecule has 4 nitrogen and oxygen atoms in total. The van der Waals surface area contributed by atoms with Gasteiger partial charge in [-0.25, -0.2) is 4.79 Å². The van der Waals surface area contributed by atoms with Crippen molar-refractivity contribution in [2.45, 2.75) is 0 Å². The SMILES string of the molecule is COC(=O)c1cccn1-c1ccccc1N.Cl. The summed E-state index contributed by atoms with van der Waals surface area (Å²) in [5.41, 5.74) is 7.69. The van der Waals surface area contributed by atoms with E-state index < -0.39 is 0 Å². The quantitative estimate of drug-likeness (QED) is 0.659. The maximum atomic E-state index is 11.5. The molecule has 0 bridgehead atoms. The molecule has 0 saturated heterocycles. The number of hydrogen-bond acceptors (Lipinski definition) is 3. The van der Waals surface area contributed by atoms with Gasteiger partial charge >= 0.3 is 5.97 Å². The Bertz CT molecular complexity index is 523. The summed E-state index contributed by atoms with van der Waals surface area (Å²) in [6.45, 7) is 0. The van der Waals surface area contributed by atoms with Crippen molar-refractivity contribution in [3.05, 3.63) is 48.3 Å². The monoisotopic (exact) mass is 252 g/mol. The second-order valence-corrected chi connectivity index (χ2v) is 3.31. The van der Waals surface area contributed by atoms with Gasteiger partial charge in [0.15, 0.2) is 0 Å². The molecule has 0 amide bonds. The van der Waals surface area contributed by atoms with E-state index in [1.807, 2.05) is 18.2 Å². The zero-order valence-electron chi connectivity index (χ0n) is 9.29. The molecule has 5 heteroatoms. The fourth-order valence-electron chi connectivity index (χ4n) is 1.57. The number of carbonyl (C=O) groups is 1. The largest absolute Gasteiger partial charge is 0.464 e. The van der Waals surface area contributed by atoms with Crippen LogP contribution in [-0.4, -0.2) is 17.6 Å². The Balaban J connectivity index is 0.00000144. The second kappa shape index (κ2) is 5.41. The van der Waals surface area contributed by atoms with E-state index in [2.05, 4.69) is 0 Å². The van der Waals surface area contributed by atoms with Gasteiger partial charge < -0.3 is 15.0 Å². The maximum absolute atomic E-state index is 11.5. The lowest BCUT2D eigenvalue weighted by molar-refractivity contribution is 0.0592. The highest BCUT2D eigenvalue weighted by Gasteiger charge is 2.12. The molecule has 1 aromatic heterocycles. The van der Waals surface area contributed by atoms with Gasteiger partial charge in [-0.2, -0.15) is 0 Å². The number of para-hydroxylation sites is 2. The summed E-state index contributed by atoms with van der Waals surface area (Å²) >= 11 is 0. The Morgan fingerprint density at radius 1 is 1.24 bits per heavy atom. The number of anilines is 1. The lowest BCUT2D eigenvalue weighted by Gasteiger charge is -2.09. The van der Waals surface area contributed by atoms with Crippen LogP contribution in [0.2, 0.25) is 0 Å². The molecule has 0 spiro atoms. The predicted molar refractivity (Wildman–Crippen MR) is 68.8 cm³/mol. The summed E-state index contributed by atoms with van der Waals surface area (Å²) < 4.78 is 6.41. The van der Waals surface area contributed by atoms with Crippen LogP contribution in [0.4, 0.5) is 5.69 Å². The first-order valence-corrected chi connectivity index (χ1v) is 4.84. The zero-order chi connectivity index (χ0) is 11.5. The molecule has 0 unspecified atom stereocenters. The minimum absolute atomic E-state index is 0. The molecule has 0 radical (unpaired) electrons. The first-order chi connectivity index (χ1) is 7.74. The van der Waals surface area contributed by atoms with Crippen LogP contribution in [0.25, 0.3) is 5.69 Å². The third-order valence-corrected chi connectivity index (χ3v) is 2.34. The summed E-state index contributed by atoms with van der Waals surface area (Å²) in [5, 5.41) is 0. The zero-order valence-corrected chi connectivity index (χ0v) is 10.1. The Labute approximate surface area is 105 Å². The lowest BCUT2D eigenvalue weighted by Crippen LogP contribution is -2.09. The summed E-state index contributed by atoms with van der Waals surface area (Å²) in [4.78, 5) is 11.5. The van der Waals surface area contributed by atoms with Crippen LogP contribution >= 0.6 is 12.4 Å². The van der Waals surface area contributed by atoms with Gasteiger partial charge in [0.25, 0.3) is 0 Å². The van der Waals surface area contributed by atoms with Crippen molar-refractivity contribution in [2.75, 3.05) is 12.8 Å². The van der Waals surface area contributed by atoms with Gasteiger partial charge in [-0.15, -0.1) is 12.4 Å². The molecule has 0 atom stereocenters. The normalized spacial score (nSPS) is 9.47. The molecular formula is C12H13ClN2O2. The number of esters is 1. The fourth-order valence-corrected chi connectivity index (χ4v) is 1.57. The average molecular weight is 253 g/mol. The van der Waals surface area contributed by atoms with E-state index in [-0.39, 0.29) is 18.4 Å². The standard InChI is InChI=1S/C12H12N2O2.ClH/c1-16-12(15)11-7-4-8-14(11)10-6-3-2-5-9(10)13;/h2-8H,13H2,1H3;1H. The minimum Gasteiger partial charge on any atom is -0.464 e. The highest BCUT2D eigenvalue weighted by Crippen LogP contribution is 2.19. The van der Waals surface area contributed by atoms with Crippen LogP contribution < -0.4 is 5.73 Å². The lowest BCUT2D eigenvalue weighted by atomic mass is 10.2. The van der Waals surface area contributed by atoms with Crippen LogP contribution in [0.15, 0.2) is 42.6 Å². The van der Waals surface area contributed by atoms with E-state index in [0.29, 0.717) is 11.4 Å². The Hall–Kier alpha value is -1.94. The average Bonchev–Trinajstić information content (AvgIpc) is 2.77. The molecule has 2 rings (SSSR count). The molecule has 0 fully saturated rings. The Kier molecular flexibility index (Phi) is 4.17. The van der Waals surface area contributed by atoms with E-state index in [0.717, 1.165) is 5.69 Å². The molecule has 90 valence electrons. The number of nitrogen functional groups attached to an aromatic ring is 1. The highest BCUT2D eigenvalue weighted by molar-refractivity contribution is 5.88. The topological polar surface area (TPSA) is 57.2 Å². The van der Waals surface area contributed by atoms with Crippen molar-refractivity contribution >= 4 is 24.1 Å². The van der Waals surface area contributed by atoms with Crippen molar-refractivity contribution in [2.24, 2.45) is 0 Å². The summed E-state index contributed by atoms with van der Waals surface area (Å²) in [5.74, 6) is -0.381. The molecule has 0 aliphatic carbocycles. The number of hydrogen-bond donors (Lipinski definition) is 1. The van der Waals surface area contributed by atoms with Gasteiger partial charge in [-0.05, 0) is 24.3 Å². The van der Waals surface area contributed by atoms with Gasteiger partial charge in [0.1, 0.15) is 5.69 Å². The van der Waals surface area contributed by atoms with Crippen molar-refractivity contribution in [3.8, 4) is 5.69 Å². The first kappa shape index (κ1) is 13.1. The molecular weight excluding hydrogens is 240 g/mol. The van der Waals surface area contributed by atoms with Crippen molar-refractivity contribution < 1.29 is 9.53 Å². The number of methoxy groups -OCH3 is 1. The predicted octanol–water partition coefficient (Wildman–Crippen LogP) is 2.27. The van der Waals surface area contributed by atoms with Crippen molar-refractivity contribution in [1.29, 1.82) is 0 Å². The fraction of sp³-hybridized carbons (Fsp3) is 0.0833. The highest BCUT2D eigenvalue weighted by atomic mass is 35.5. The van der Waals surface area contributed by atoms with E-state index >= 15 is 0 Å². The van der Waals surface area contributed by atoms with Gasteiger partial charge in [0.2, 0.25) is 0 Å². The van der Waals surface area contributed by atoms with Crippen LogP contribution in [0.3, 0.4) is 0 Å². The molecule has 0 saturated carbocycles. The molecule has 0 aliphatic heterocycles. The number of nitrogens with zero attached hydrogens (tertiary/aromatic N) is 1. The number of halogens is 1. The molecule has 17 heavy (non-hydrogen) atoms. The number of carbonyl (C=O) groups excluding carboxylic acids is 1. The van der Waals surface area contributed by atoms with Gasteiger partial charge in [0.05, 0.1) is 18.5 Å². The van der Waals surface area contributed by atoms with Crippen LogP contribution in [-0.2, 0) is 4.74 Å². The first-order valence-electron chi connectivity index (χ1n) is 4.84. The molecule has 2 N–H and O–H groups in total. The van der Waals surface area contributed by atoms with Crippen LogP contribution in [0.5, 0.6) is 0 Å². The van der Waals surface area contributed by atoms with E-state index in [1.165, 1.54) is 7.11 Å². The summed E-state index contributed by atoms with van der Waals surface area (Å²) in [6.07, 6.45) is 1.78. The molecule has 1 heterocycles. The number of nitrogens with two attached hydrogens (primary N) is 1. The molecule has 0 aliphatic rings. The van der Waals surface area contributed by atoms with Gasteiger partial charge in [-0.3, -0.25) is 0 Å². The summed E-state index contributed by atoms with van der Waals surface area (Å²) in [6, 6.07) is 10.8. The van der Waals surface area contributed by atoms with E-state index in [9.17, 15) is 4.79 Å². The van der Waals surface area contributed by atoms with Gasteiger partial charge in [-0.1, -0.05) is 12.1 Å². The Morgan fingerprint density at radius 3 is 2.59 bits per heavy atom. The third-order valence-electron chi connectivity index (χ3n) is 2.34. The number of rotatable bonds is 2. The van der Waals surface area contributed by atoms with E-state index in [1.54, 1.807) is 29.0 Å². The number of aromatic nitrogens is 1. The molecule has 1 aromatic carbocycles. The van der Waals surface area contributed by atoms with E-state index in [4.69, 9.17) is 10.5 Å². The minimum atomic E-state index is -0.381. The van der Waals surface area contributed by atoms with Crippen LogP contribution in [0, 0.1) is 0 Å². The van der Waals surface area contributed by atoms with Crippen molar-refractivity contribution in [1.82, 2.24) is 4.57 Å². The summed E-state index contributed by atoms with van der Waals surface area (Å²) in [7, 11) is 1.36. The smallest absolute Gasteiger partial charge is 0.355 e.